The van der Waals surface area contributed by atoms with Crippen LogP contribution in [0, 0.1) is 23.2 Å². The third-order valence-corrected chi connectivity index (χ3v) is 5.18. The molecule has 0 aromatic carbocycles. The van der Waals surface area contributed by atoms with Crippen LogP contribution in [0.3, 0.4) is 0 Å². The fraction of sp³-hybridized carbons (Fsp3) is 0.600. The maximum Gasteiger partial charge on any atom is 0.229 e. The number of amides is 1. The highest BCUT2D eigenvalue weighted by Gasteiger charge is 2.25. The summed E-state index contributed by atoms with van der Waals surface area (Å²) in [6.45, 7) is 4.52. The van der Waals surface area contributed by atoms with E-state index in [1.54, 1.807) is 11.3 Å². The second-order valence-electron chi connectivity index (χ2n) is 5.50. The highest BCUT2D eigenvalue weighted by molar-refractivity contribution is 7.16. The molecule has 0 radical (unpaired) electrons. The van der Waals surface area contributed by atoms with E-state index in [0.717, 1.165) is 24.8 Å². The van der Waals surface area contributed by atoms with Crippen molar-refractivity contribution in [2.75, 3.05) is 11.9 Å². The second kappa shape index (κ2) is 6.38. The Balaban J connectivity index is 2.25. The molecule has 1 aliphatic carbocycles. The number of carbonyl (C=O) groups is 1. The van der Waals surface area contributed by atoms with E-state index in [4.69, 9.17) is 5.73 Å². The highest BCUT2D eigenvalue weighted by Crippen LogP contribution is 2.39. The van der Waals surface area contributed by atoms with Gasteiger partial charge in [0.2, 0.25) is 5.91 Å². The number of hydrogen-bond acceptors (Lipinski definition) is 4. The van der Waals surface area contributed by atoms with Gasteiger partial charge in [-0.25, -0.2) is 0 Å². The molecular weight excluding hydrogens is 270 g/mol. The number of carbonyl (C=O) groups excluding carboxylic acids is 1. The van der Waals surface area contributed by atoms with Crippen molar-refractivity contribution in [2.24, 2.45) is 17.6 Å². The van der Waals surface area contributed by atoms with Gasteiger partial charge in [0.05, 0.1) is 11.5 Å². The molecular formula is C15H21N3OS. The van der Waals surface area contributed by atoms with E-state index >= 15 is 0 Å². The molecule has 1 amide bonds. The zero-order valence-corrected chi connectivity index (χ0v) is 12.8. The molecule has 4 nitrogen and oxygen atoms in total. The van der Waals surface area contributed by atoms with E-state index in [0.29, 0.717) is 29.4 Å². The van der Waals surface area contributed by atoms with Crippen molar-refractivity contribution in [2.45, 2.75) is 39.5 Å². The number of nitriles is 1. The van der Waals surface area contributed by atoms with Gasteiger partial charge in [0.25, 0.3) is 0 Å². The zero-order valence-electron chi connectivity index (χ0n) is 12.0. The Morgan fingerprint density at radius 2 is 2.40 bits per heavy atom. The average Bonchev–Trinajstić information content (AvgIpc) is 2.76. The number of nitrogens with zero attached hydrogens (tertiary/aromatic N) is 1. The van der Waals surface area contributed by atoms with Crippen LogP contribution in [-0.4, -0.2) is 12.5 Å². The van der Waals surface area contributed by atoms with Crippen molar-refractivity contribution in [3.8, 4) is 6.07 Å². The summed E-state index contributed by atoms with van der Waals surface area (Å²) in [4.78, 5) is 13.4. The summed E-state index contributed by atoms with van der Waals surface area (Å²) in [5, 5.41) is 13.0. The first-order valence-corrected chi connectivity index (χ1v) is 7.97. The fourth-order valence-corrected chi connectivity index (χ4v) is 3.99. The molecule has 1 aliphatic rings. The van der Waals surface area contributed by atoms with Gasteiger partial charge in [-0.15, -0.1) is 11.3 Å². The van der Waals surface area contributed by atoms with Crippen molar-refractivity contribution in [1.29, 1.82) is 5.26 Å². The van der Waals surface area contributed by atoms with Gasteiger partial charge >= 0.3 is 0 Å². The predicted octanol–water partition coefficient (Wildman–Crippen LogP) is 2.67. The quantitative estimate of drug-likeness (QED) is 0.895. The monoisotopic (exact) mass is 291 g/mol. The lowest BCUT2D eigenvalue weighted by Gasteiger charge is -2.17. The van der Waals surface area contributed by atoms with Crippen LogP contribution >= 0.6 is 11.3 Å². The minimum Gasteiger partial charge on any atom is -0.330 e. The Kier molecular flexibility index (Phi) is 4.79. The molecule has 0 spiro atoms. The second-order valence-corrected chi connectivity index (χ2v) is 6.60. The lowest BCUT2D eigenvalue weighted by molar-refractivity contribution is -0.119. The topological polar surface area (TPSA) is 78.9 Å². The molecule has 20 heavy (non-hydrogen) atoms. The number of hydrogen-bond donors (Lipinski definition) is 2. The maximum atomic E-state index is 12.1. The van der Waals surface area contributed by atoms with E-state index in [9.17, 15) is 10.1 Å². The normalized spacial score (nSPS) is 19.0. The summed E-state index contributed by atoms with van der Waals surface area (Å²) in [6, 6.07) is 2.26. The van der Waals surface area contributed by atoms with E-state index in [1.807, 2.05) is 6.92 Å². The minimum absolute atomic E-state index is 0.0712. The van der Waals surface area contributed by atoms with Gasteiger partial charge in [-0.3, -0.25) is 4.79 Å². The molecule has 108 valence electrons. The molecule has 0 saturated heterocycles. The van der Waals surface area contributed by atoms with Crippen LogP contribution in [0.15, 0.2) is 0 Å². The number of rotatable bonds is 4. The first-order chi connectivity index (χ1) is 9.60. The molecule has 2 rings (SSSR count). The van der Waals surface area contributed by atoms with Gasteiger partial charge in [0.1, 0.15) is 11.1 Å². The van der Waals surface area contributed by atoms with Gasteiger partial charge in [-0.1, -0.05) is 13.8 Å². The van der Waals surface area contributed by atoms with Crippen molar-refractivity contribution in [3.05, 3.63) is 16.0 Å². The predicted molar refractivity (Wildman–Crippen MR) is 81.7 cm³/mol. The van der Waals surface area contributed by atoms with Crippen LogP contribution in [0.5, 0.6) is 0 Å². The summed E-state index contributed by atoms with van der Waals surface area (Å²) in [6.07, 6.45) is 3.79. The molecule has 0 bridgehead atoms. The van der Waals surface area contributed by atoms with Gasteiger partial charge in [0.15, 0.2) is 0 Å². The Labute approximate surface area is 124 Å². The summed E-state index contributed by atoms with van der Waals surface area (Å²) >= 11 is 1.56. The highest BCUT2D eigenvalue weighted by atomic mass is 32.1. The fourth-order valence-electron chi connectivity index (χ4n) is 2.63. The molecule has 1 aromatic rings. The van der Waals surface area contributed by atoms with Crippen LogP contribution in [0.1, 0.15) is 42.7 Å². The van der Waals surface area contributed by atoms with Gasteiger partial charge < -0.3 is 11.1 Å². The first kappa shape index (κ1) is 15.0. The molecule has 1 aromatic heterocycles. The smallest absolute Gasteiger partial charge is 0.229 e. The van der Waals surface area contributed by atoms with E-state index in [-0.39, 0.29) is 11.8 Å². The van der Waals surface area contributed by atoms with Crippen molar-refractivity contribution in [1.82, 2.24) is 0 Å². The van der Waals surface area contributed by atoms with Crippen LogP contribution in [-0.2, 0) is 17.6 Å². The van der Waals surface area contributed by atoms with Gasteiger partial charge in [0, 0.05) is 11.4 Å². The molecule has 0 fully saturated rings. The summed E-state index contributed by atoms with van der Waals surface area (Å²) in [7, 11) is 0. The maximum absolute atomic E-state index is 12.1. The molecule has 0 saturated carbocycles. The molecule has 2 unspecified atom stereocenters. The van der Waals surface area contributed by atoms with Crippen molar-refractivity contribution < 1.29 is 4.79 Å². The van der Waals surface area contributed by atoms with E-state index < -0.39 is 0 Å². The standard InChI is InChI=1S/C15H21N3OS/c1-3-10(7-16)14(19)18-15-12(8-17)11-5-4-9(2)6-13(11)20-15/h9-10H,3-7,16H2,1-2H3,(H,18,19). The largest absolute Gasteiger partial charge is 0.330 e. The SMILES string of the molecule is CCC(CN)C(=O)Nc1sc2c(c1C#N)CCC(C)C2. The van der Waals surface area contributed by atoms with Crippen LogP contribution in [0.25, 0.3) is 0 Å². The van der Waals surface area contributed by atoms with Gasteiger partial charge in [-0.05, 0) is 37.2 Å². The molecule has 3 N–H and O–H groups in total. The first-order valence-electron chi connectivity index (χ1n) is 7.16. The number of thiophene rings is 1. The molecule has 0 aliphatic heterocycles. The molecule has 2 atom stereocenters. The van der Waals surface area contributed by atoms with Crippen LogP contribution in [0.4, 0.5) is 5.00 Å². The Morgan fingerprint density at radius 1 is 1.65 bits per heavy atom. The Bertz CT molecular complexity index is 540. The molecule has 1 heterocycles. The number of nitrogens with one attached hydrogen (secondary N) is 1. The van der Waals surface area contributed by atoms with E-state index in [1.165, 1.54) is 4.88 Å². The van der Waals surface area contributed by atoms with Crippen LogP contribution < -0.4 is 11.1 Å². The summed E-state index contributed by atoms with van der Waals surface area (Å²) < 4.78 is 0. The average molecular weight is 291 g/mol. The number of nitrogens with two attached hydrogens (primary N) is 1. The van der Waals surface area contributed by atoms with Gasteiger partial charge in [-0.2, -0.15) is 5.26 Å². The third-order valence-electron chi connectivity index (χ3n) is 4.01. The lowest BCUT2D eigenvalue weighted by atomic mass is 9.88. The van der Waals surface area contributed by atoms with Crippen LogP contribution in [0.2, 0.25) is 0 Å². The molecule has 5 heteroatoms. The van der Waals surface area contributed by atoms with Crippen molar-refractivity contribution >= 4 is 22.2 Å². The van der Waals surface area contributed by atoms with Crippen molar-refractivity contribution in [3.63, 3.8) is 0 Å². The third kappa shape index (κ3) is 2.87. The summed E-state index contributed by atoms with van der Waals surface area (Å²) in [5.41, 5.74) is 7.41. The Morgan fingerprint density at radius 3 is 3.00 bits per heavy atom. The van der Waals surface area contributed by atoms with E-state index in [2.05, 4.69) is 18.3 Å². The summed E-state index contributed by atoms with van der Waals surface area (Å²) in [5.74, 6) is 0.404. The number of fused-ring (bicyclic) bond motifs is 1. The number of anilines is 1. The Hall–Kier alpha value is -1.38. The lowest BCUT2D eigenvalue weighted by Crippen LogP contribution is -2.28. The zero-order chi connectivity index (χ0) is 14.7. The minimum atomic E-state index is -0.181.